The molecule has 0 heterocycles. The Bertz CT molecular complexity index is 7.61. The first-order chi connectivity index (χ1) is 2.00. The second kappa shape index (κ2) is 27.4. The third-order valence-electron chi connectivity index (χ3n) is 0. The van der Waals surface area contributed by atoms with Crippen molar-refractivity contribution in [2.45, 2.75) is 0 Å². The van der Waals surface area contributed by atoms with Crippen LogP contribution in [0, 0.1) is 70.2 Å². The minimum absolute atomic E-state index is 0. The summed E-state index contributed by atoms with van der Waals surface area (Å²) in [6, 6.07) is 0. The van der Waals surface area contributed by atoms with Crippen molar-refractivity contribution in [1.29, 1.82) is 0 Å². The van der Waals surface area contributed by atoms with Crippen LogP contribution >= 0.6 is 12.4 Å². The molecule has 0 bridgehead atoms. The van der Waals surface area contributed by atoms with E-state index in [1.807, 2.05) is 0 Å². The third kappa shape index (κ3) is 19.2. The summed E-state index contributed by atoms with van der Waals surface area (Å²) in [5, 5.41) is 0. The number of hydrogen-bond donors (Lipinski definition) is 0. The second-order valence-corrected chi connectivity index (χ2v) is 0. The topological polar surface area (TPSA) is 31.5 Å². The van der Waals surface area contributed by atoms with Crippen LogP contribution in [0.4, 0.5) is 0 Å². The Morgan fingerprint density at radius 1 is 0.800 bits per heavy atom. The molecule has 0 fully saturated rings. The van der Waals surface area contributed by atoms with Gasteiger partial charge in [-0.15, -0.1) is 0 Å². The van der Waals surface area contributed by atoms with Gasteiger partial charge in [0.25, 0.3) is 0 Å². The molecule has 2 N–H and O–H groups in total. The summed E-state index contributed by atoms with van der Waals surface area (Å²) in [5.74, 6) is 0. The summed E-state index contributed by atoms with van der Waals surface area (Å²) in [5.41, 5.74) is 0. The number of rotatable bonds is 0. The van der Waals surface area contributed by atoms with E-state index in [9.17, 15) is 0 Å². The molecular formula is H2Cl2OTb2. The first-order valence-electron chi connectivity index (χ1n) is 0.252. The Hall–Kier alpha value is 3.11. The zero-order valence-corrected chi connectivity index (χ0v) is 7.71. The van der Waals surface area contributed by atoms with Gasteiger partial charge in [0.05, 0.1) is 0 Å². The van der Waals surface area contributed by atoms with Crippen molar-refractivity contribution in [3.8, 4) is 0 Å². The summed E-state index contributed by atoms with van der Waals surface area (Å²) in [6.07, 6.45) is 9.28. The van der Waals surface area contributed by atoms with Crippen molar-refractivity contribution in [2.75, 3.05) is 0 Å². The van der Waals surface area contributed by atoms with Crippen LogP contribution in [-0.2, 0) is 0 Å². The summed E-state index contributed by atoms with van der Waals surface area (Å²) >= 11 is 2.94. The molecule has 0 atom stereocenters. The Kier molecular flexibility index (Phi) is 86.2. The SMILES string of the molecule is O.[Cl][Tb].[Cl][Tb]. The van der Waals surface area contributed by atoms with Gasteiger partial charge in [-0.05, 0) is 0 Å². The van der Waals surface area contributed by atoms with Crippen molar-refractivity contribution in [3.63, 3.8) is 0 Å². The van der Waals surface area contributed by atoms with E-state index in [-0.39, 0.29) is 5.48 Å². The normalized spacial score (nSPS) is 2.80. The van der Waals surface area contributed by atoms with Crippen LogP contribution in [0.25, 0.3) is 0 Å². The van der Waals surface area contributed by atoms with Gasteiger partial charge >= 0.3 is 82.7 Å². The van der Waals surface area contributed by atoms with E-state index in [0.29, 0.717) is 0 Å². The summed E-state index contributed by atoms with van der Waals surface area (Å²) in [6.45, 7) is 0. The predicted octanol–water partition coefficient (Wildman–Crippen LogP) is 0.554. The van der Waals surface area contributed by atoms with Crippen LogP contribution in [0.3, 0.4) is 0 Å². The molecule has 0 aliphatic carbocycles. The minimum atomic E-state index is 0. The van der Waals surface area contributed by atoms with Gasteiger partial charge in [-0.1, -0.05) is 0 Å². The number of hydrogen-bond acceptors (Lipinski definition) is 0. The molecule has 5 heteroatoms. The molecule has 0 spiro atoms. The van der Waals surface area contributed by atoms with Crippen molar-refractivity contribution in [1.82, 2.24) is 0 Å². The molecule has 0 saturated carbocycles. The molecule has 0 radical (unpaired) electrons. The fourth-order valence-corrected chi connectivity index (χ4v) is 0. The Labute approximate surface area is 85.7 Å². The van der Waals surface area contributed by atoms with Crippen molar-refractivity contribution >= 4 is 12.4 Å². The van der Waals surface area contributed by atoms with Crippen molar-refractivity contribution in [2.24, 2.45) is 0 Å². The fourth-order valence-electron chi connectivity index (χ4n) is 0. The molecule has 0 unspecified atom stereocenters. The van der Waals surface area contributed by atoms with E-state index >= 15 is 0 Å². The quantitative estimate of drug-likeness (QED) is 0.563. The van der Waals surface area contributed by atoms with E-state index < -0.39 is 0 Å². The van der Waals surface area contributed by atoms with E-state index in [1.165, 1.54) is 70.2 Å². The summed E-state index contributed by atoms with van der Waals surface area (Å²) in [7, 11) is 0. The second-order valence-electron chi connectivity index (χ2n) is 0. The van der Waals surface area contributed by atoms with Crippen LogP contribution in [0.2, 0.25) is 0 Å². The molecule has 40 valence electrons. The van der Waals surface area contributed by atoms with Crippen LogP contribution < -0.4 is 0 Å². The van der Waals surface area contributed by atoms with Gasteiger partial charge < -0.3 is 5.48 Å². The standard InChI is InChI=1S/2ClH.H2O.2Tb/h2*1H;1H2;;/q;;;2*+1/p-2. The van der Waals surface area contributed by atoms with Crippen molar-refractivity contribution in [3.05, 3.63) is 0 Å². The fraction of sp³-hybridized carbons (Fsp3) is 0. The van der Waals surface area contributed by atoms with Crippen LogP contribution in [-0.4, -0.2) is 5.48 Å². The first kappa shape index (κ1) is 15.7. The zero-order valence-electron chi connectivity index (χ0n) is 1.92. The predicted molar refractivity (Wildman–Crippen MR) is 15.3 cm³/mol. The van der Waals surface area contributed by atoms with Gasteiger partial charge in [0.15, 0.2) is 0 Å². The van der Waals surface area contributed by atoms with Crippen LogP contribution in [0.5, 0.6) is 0 Å². The van der Waals surface area contributed by atoms with E-state index in [4.69, 9.17) is 0 Å². The molecule has 0 aliphatic heterocycles. The molecule has 0 aliphatic rings. The Morgan fingerprint density at radius 2 is 0.800 bits per heavy atom. The van der Waals surface area contributed by atoms with Crippen LogP contribution in [0.15, 0.2) is 0 Å². The molecule has 0 rings (SSSR count). The molecule has 0 aromatic carbocycles. The van der Waals surface area contributed by atoms with Gasteiger partial charge in [0, 0.05) is 0 Å². The number of halogens is 2. The van der Waals surface area contributed by atoms with E-state index in [2.05, 4.69) is 12.4 Å². The van der Waals surface area contributed by atoms with Gasteiger partial charge in [0.1, 0.15) is 0 Å². The average Bonchev–Trinajstić information content (AvgIpc) is 1.50. The van der Waals surface area contributed by atoms with E-state index in [0.717, 1.165) is 0 Å². The van der Waals surface area contributed by atoms with Gasteiger partial charge in [-0.2, -0.15) is 0 Å². The molecule has 0 amide bonds. The molecular weight excluding hydrogens is 405 g/mol. The summed E-state index contributed by atoms with van der Waals surface area (Å²) in [4.78, 5) is 0. The average molecular weight is 407 g/mol. The maximum atomic E-state index is 4.64. The van der Waals surface area contributed by atoms with Gasteiger partial charge in [0.2, 0.25) is 0 Å². The molecule has 1 nitrogen and oxygen atoms in total. The van der Waals surface area contributed by atoms with Gasteiger partial charge in [-0.3, -0.25) is 0 Å². The van der Waals surface area contributed by atoms with Gasteiger partial charge in [-0.25, -0.2) is 0 Å². The summed E-state index contributed by atoms with van der Waals surface area (Å²) < 4.78 is 0. The molecule has 5 heavy (non-hydrogen) atoms. The molecule has 0 saturated heterocycles. The monoisotopic (exact) mass is 406 g/mol. The Morgan fingerprint density at radius 3 is 0.800 bits per heavy atom. The van der Waals surface area contributed by atoms with Crippen molar-refractivity contribution < 1.29 is 75.7 Å². The Balaban J connectivity index is -0.0000000133. The first-order valence-corrected chi connectivity index (χ1v) is 5.61. The third-order valence-corrected chi connectivity index (χ3v) is 0. The molecule has 0 aromatic rings. The maximum absolute atomic E-state index is 4.64. The van der Waals surface area contributed by atoms with Crippen LogP contribution in [0.1, 0.15) is 0 Å². The van der Waals surface area contributed by atoms with E-state index in [1.54, 1.807) is 0 Å². The molecule has 0 aromatic heterocycles. The zero-order chi connectivity index (χ0) is 4.00.